The Bertz CT molecular complexity index is 868. The number of thioether (sulfide) groups is 1. The van der Waals surface area contributed by atoms with E-state index in [9.17, 15) is 4.79 Å². The molecule has 1 aromatic carbocycles. The van der Waals surface area contributed by atoms with E-state index in [0.29, 0.717) is 5.82 Å². The fourth-order valence-electron chi connectivity index (χ4n) is 2.41. The zero-order valence-electron chi connectivity index (χ0n) is 13.9. The first-order valence-corrected chi connectivity index (χ1v) is 8.55. The molecule has 6 nitrogen and oxygen atoms in total. The molecule has 0 saturated carbocycles. The van der Waals surface area contributed by atoms with Gasteiger partial charge in [0.25, 0.3) is 0 Å². The summed E-state index contributed by atoms with van der Waals surface area (Å²) in [4.78, 5) is 16.5. The third-order valence-electron chi connectivity index (χ3n) is 3.49. The zero-order chi connectivity index (χ0) is 17.1. The molecule has 2 heterocycles. The van der Waals surface area contributed by atoms with Crippen molar-refractivity contribution in [1.29, 1.82) is 0 Å². The van der Waals surface area contributed by atoms with Gasteiger partial charge in [0.05, 0.1) is 11.4 Å². The minimum Gasteiger partial charge on any atom is -0.310 e. The monoisotopic (exact) mass is 341 g/mol. The maximum atomic E-state index is 12.2. The summed E-state index contributed by atoms with van der Waals surface area (Å²) in [5.74, 6) is 0.898. The van der Waals surface area contributed by atoms with E-state index in [2.05, 4.69) is 34.5 Å². The van der Waals surface area contributed by atoms with E-state index < -0.39 is 0 Å². The maximum Gasteiger partial charge on any atom is 0.235 e. The number of nitrogens with one attached hydrogen (secondary N) is 1. The molecule has 0 aliphatic carbocycles. The summed E-state index contributed by atoms with van der Waals surface area (Å²) in [7, 11) is 1.81. The lowest BCUT2D eigenvalue weighted by Crippen LogP contribution is -2.16. The minimum absolute atomic E-state index is 0.0817. The van der Waals surface area contributed by atoms with Crippen LogP contribution in [0.15, 0.2) is 47.9 Å². The number of hydrogen-bond donors (Lipinski definition) is 1. The Morgan fingerprint density at radius 1 is 1.29 bits per heavy atom. The Labute approximate surface area is 144 Å². The number of carbonyl (C=O) groups excluding carboxylic acids is 1. The lowest BCUT2D eigenvalue weighted by molar-refractivity contribution is -0.113. The van der Waals surface area contributed by atoms with Crippen LogP contribution in [0.25, 0.3) is 5.69 Å². The van der Waals surface area contributed by atoms with Crippen molar-refractivity contribution in [3.63, 3.8) is 0 Å². The summed E-state index contributed by atoms with van der Waals surface area (Å²) in [5, 5.41) is 7.87. The summed E-state index contributed by atoms with van der Waals surface area (Å²) in [6, 6.07) is 10.0. The average molecular weight is 341 g/mol. The molecule has 7 heteroatoms. The van der Waals surface area contributed by atoms with Crippen LogP contribution < -0.4 is 5.32 Å². The first kappa shape index (κ1) is 16.3. The molecular formula is C17H19N5OS. The molecule has 0 aliphatic heterocycles. The summed E-state index contributed by atoms with van der Waals surface area (Å²) in [5.41, 5.74) is 3.09. The van der Waals surface area contributed by atoms with Crippen molar-refractivity contribution in [1.82, 2.24) is 19.3 Å². The van der Waals surface area contributed by atoms with E-state index in [4.69, 9.17) is 0 Å². The van der Waals surface area contributed by atoms with Crippen molar-refractivity contribution in [2.75, 3.05) is 11.1 Å². The number of anilines is 1. The Balaban J connectivity index is 1.66. The molecule has 1 N–H and O–H groups in total. The molecular weight excluding hydrogens is 322 g/mol. The van der Waals surface area contributed by atoms with Gasteiger partial charge >= 0.3 is 0 Å². The number of nitrogens with zero attached hydrogens (tertiary/aromatic N) is 4. The van der Waals surface area contributed by atoms with Crippen molar-refractivity contribution in [2.24, 2.45) is 7.05 Å². The highest BCUT2D eigenvalue weighted by Crippen LogP contribution is 2.21. The van der Waals surface area contributed by atoms with Crippen LogP contribution in [-0.4, -0.2) is 31.0 Å². The van der Waals surface area contributed by atoms with Crippen molar-refractivity contribution in [3.8, 4) is 5.69 Å². The number of imidazole rings is 1. The van der Waals surface area contributed by atoms with Crippen molar-refractivity contribution in [2.45, 2.75) is 19.0 Å². The Morgan fingerprint density at radius 2 is 2.12 bits per heavy atom. The number of benzene rings is 1. The van der Waals surface area contributed by atoms with Crippen LogP contribution in [0, 0.1) is 13.8 Å². The molecule has 0 atom stereocenters. The number of aryl methyl sites for hydroxylation is 3. The van der Waals surface area contributed by atoms with Crippen LogP contribution in [0.3, 0.4) is 0 Å². The topological polar surface area (TPSA) is 64.7 Å². The van der Waals surface area contributed by atoms with Gasteiger partial charge in [0, 0.05) is 31.2 Å². The highest BCUT2D eigenvalue weighted by atomic mass is 32.2. The van der Waals surface area contributed by atoms with Crippen LogP contribution in [0.1, 0.15) is 11.3 Å². The third kappa shape index (κ3) is 3.68. The largest absolute Gasteiger partial charge is 0.310 e. The van der Waals surface area contributed by atoms with Crippen LogP contribution in [0.4, 0.5) is 5.82 Å². The molecule has 124 valence electrons. The predicted molar refractivity (Wildman–Crippen MR) is 95.6 cm³/mol. The van der Waals surface area contributed by atoms with Gasteiger partial charge in [-0.15, -0.1) is 0 Å². The van der Waals surface area contributed by atoms with Gasteiger partial charge in [-0.05, 0) is 31.5 Å². The van der Waals surface area contributed by atoms with Gasteiger partial charge in [0.2, 0.25) is 5.91 Å². The summed E-state index contributed by atoms with van der Waals surface area (Å²) in [6.45, 7) is 3.94. The van der Waals surface area contributed by atoms with Crippen LogP contribution in [0.5, 0.6) is 0 Å². The second-order valence-electron chi connectivity index (χ2n) is 5.55. The molecule has 0 bridgehead atoms. The van der Waals surface area contributed by atoms with E-state index in [0.717, 1.165) is 16.5 Å². The Kier molecular flexibility index (Phi) is 4.71. The van der Waals surface area contributed by atoms with E-state index in [-0.39, 0.29) is 11.7 Å². The number of carbonyl (C=O) groups is 1. The molecule has 0 aliphatic rings. The molecule has 0 unspecified atom stereocenters. The fraction of sp³-hybridized carbons (Fsp3) is 0.235. The lowest BCUT2D eigenvalue weighted by Gasteiger charge is -2.08. The van der Waals surface area contributed by atoms with E-state index in [1.807, 2.05) is 35.9 Å². The van der Waals surface area contributed by atoms with Crippen molar-refractivity contribution in [3.05, 3.63) is 54.0 Å². The lowest BCUT2D eigenvalue weighted by atomic mass is 10.2. The Hall–Kier alpha value is -2.54. The standard InChI is InChI=1S/C17H19N5OS/c1-12-5-4-6-14(9-12)22-8-7-18-17(22)24-11-16(23)19-15-10-13(2)20-21(15)3/h4-10H,11H2,1-3H3,(H,19,23). The molecule has 0 fully saturated rings. The van der Waals surface area contributed by atoms with Crippen LogP contribution in [-0.2, 0) is 11.8 Å². The van der Waals surface area contributed by atoms with Gasteiger partial charge in [-0.3, -0.25) is 14.0 Å². The molecule has 2 aromatic heterocycles. The highest BCUT2D eigenvalue weighted by Gasteiger charge is 2.11. The molecule has 24 heavy (non-hydrogen) atoms. The van der Waals surface area contributed by atoms with Crippen molar-refractivity contribution >= 4 is 23.5 Å². The van der Waals surface area contributed by atoms with Crippen molar-refractivity contribution < 1.29 is 4.79 Å². The van der Waals surface area contributed by atoms with Gasteiger partial charge < -0.3 is 5.32 Å². The first-order chi connectivity index (χ1) is 11.5. The van der Waals surface area contributed by atoms with Gasteiger partial charge in [-0.25, -0.2) is 4.98 Å². The molecule has 0 radical (unpaired) electrons. The first-order valence-electron chi connectivity index (χ1n) is 7.56. The normalized spacial score (nSPS) is 10.8. The summed E-state index contributed by atoms with van der Waals surface area (Å²) in [6.07, 6.45) is 3.65. The SMILES string of the molecule is Cc1cccc(-n2ccnc2SCC(=O)Nc2cc(C)nn2C)c1. The van der Waals surface area contributed by atoms with Gasteiger partial charge in [0.15, 0.2) is 5.16 Å². The molecule has 3 aromatic rings. The maximum absolute atomic E-state index is 12.2. The second-order valence-corrected chi connectivity index (χ2v) is 6.49. The number of hydrogen-bond acceptors (Lipinski definition) is 4. The van der Waals surface area contributed by atoms with Gasteiger partial charge in [0.1, 0.15) is 5.82 Å². The minimum atomic E-state index is -0.0817. The fourth-order valence-corrected chi connectivity index (χ4v) is 3.18. The summed E-state index contributed by atoms with van der Waals surface area (Å²) >= 11 is 1.40. The van der Waals surface area contributed by atoms with Gasteiger partial charge in [-0.2, -0.15) is 5.10 Å². The third-order valence-corrected chi connectivity index (χ3v) is 4.46. The summed E-state index contributed by atoms with van der Waals surface area (Å²) < 4.78 is 3.64. The quantitative estimate of drug-likeness (QED) is 0.725. The molecule has 1 amide bonds. The van der Waals surface area contributed by atoms with E-state index in [1.54, 1.807) is 17.9 Å². The van der Waals surface area contributed by atoms with E-state index in [1.165, 1.54) is 17.3 Å². The second kappa shape index (κ2) is 6.92. The van der Waals surface area contributed by atoms with Crippen LogP contribution in [0.2, 0.25) is 0 Å². The molecule has 0 saturated heterocycles. The predicted octanol–water partition coefficient (Wildman–Crippen LogP) is 2.95. The molecule has 0 spiro atoms. The molecule has 3 rings (SSSR count). The van der Waals surface area contributed by atoms with Gasteiger partial charge in [-0.1, -0.05) is 23.9 Å². The van der Waals surface area contributed by atoms with Crippen LogP contribution >= 0.6 is 11.8 Å². The van der Waals surface area contributed by atoms with E-state index >= 15 is 0 Å². The highest BCUT2D eigenvalue weighted by molar-refractivity contribution is 7.99. The number of aromatic nitrogens is 4. The average Bonchev–Trinajstić information content (AvgIpc) is 3.12. The number of amides is 1. The smallest absolute Gasteiger partial charge is 0.235 e. The number of rotatable bonds is 5. The zero-order valence-corrected chi connectivity index (χ0v) is 14.7. The Morgan fingerprint density at radius 3 is 2.83 bits per heavy atom.